The van der Waals surface area contributed by atoms with Gasteiger partial charge in [-0.1, -0.05) is 0 Å². The number of hydrogen-bond acceptors (Lipinski definition) is 8. The summed E-state index contributed by atoms with van der Waals surface area (Å²) < 4.78 is 0. The number of primary amides is 1. The van der Waals surface area contributed by atoms with Gasteiger partial charge in [-0.05, 0) is 63.6 Å². The molecule has 1 saturated heterocycles. The molecular formula is C20H36N6O6S. The van der Waals surface area contributed by atoms with Crippen LogP contribution in [0.2, 0.25) is 0 Å². The van der Waals surface area contributed by atoms with Crippen LogP contribution in [-0.2, 0) is 24.0 Å². The van der Waals surface area contributed by atoms with Crippen molar-refractivity contribution in [3.8, 4) is 0 Å². The molecule has 33 heavy (non-hydrogen) atoms. The van der Waals surface area contributed by atoms with Gasteiger partial charge in [0.25, 0.3) is 0 Å². The van der Waals surface area contributed by atoms with Crippen molar-refractivity contribution in [1.29, 1.82) is 0 Å². The Hall–Kier alpha value is -2.38. The van der Waals surface area contributed by atoms with E-state index in [-0.39, 0.29) is 18.4 Å². The number of carboxylic acid groups (broad SMARTS) is 1. The summed E-state index contributed by atoms with van der Waals surface area (Å²) in [6, 6.07) is -3.78. The second-order valence-corrected chi connectivity index (χ2v) is 8.89. The molecule has 9 N–H and O–H groups in total. The summed E-state index contributed by atoms with van der Waals surface area (Å²) in [7, 11) is 0. The number of carbonyl (C=O) groups is 5. The minimum absolute atomic E-state index is 0.213. The van der Waals surface area contributed by atoms with Gasteiger partial charge in [0.1, 0.15) is 18.1 Å². The lowest BCUT2D eigenvalue weighted by Crippen LogP contribution is -2.57. The maximum absolute atomic E-state index is 13.0. The Labute approximate surface area is 197 Å². The first-order chi connectivity index (χ1) is 15.7. The van der Waals surface area contributed by atoms with Crippen LogP contribution in [0.1, 0.15) is 44.9 Å². The number of rotatable bonds is 16. The number of carboxylic acids is 1. The van der Waals surface area contributed by atoms with E-state index < -0.39 is 48.2 Å². The number of hydrogen-bond donors (Lipinski definition) is 7. The molecule has 4 unspecified atom stereocenters. The molecule has 0 aliphatic carbocycles. The molecule has 0 radical (unpaired) electrons. The van der Waals surface area contributed by atoms with Gasteiger partial charge in [0, 0.05) is 0 Å². The highest BCUT2D eigenvalue weighted by Crippen LogP contribution is 2.09. The van der Waals surface area contributed by atoms with E-state index in [0.717, 1.165) is 13.0 Å². The predicted molar refractivity (Wildman–Crippen MR) is 124 cm³/mol. The van der Waals surface area contributed by atoms with Crippen LogP contribution in [0.15, 0.2) is 0 Å². The average Bonchev–Trinajstić information content (AvgIpc) is 3.30. The Morgan fingerprint density at radius 1 is 1.03 bits per heavy atom. The fraction of sp³-hybridized carbons (Fsp3) is 0.750. The minimum Gasteiger partial charge on any atom is -0.480 e. The van der Waals surface area contributed by atoms with Crippen LogP contribution in [0, 0.1) is 0 Å². The Balaban J connectivity index is 2.89. The third kappa shape index (κ3) is 10.9. The van der Waals surface area contributed by atoms with E-state index in [1.807, 2.05) is 6.26 Å². The molecule has 12 nitrogen and oxygen atoms in total. The number of aliphatic carboxylic acids is 1. The molecule has 1 heterocycles. The van der Waals surface area contributed by atoms with Gasteiger partial charge in [0.2, 0.25) is 23.6 Å². The lowest BCUT2D eigenvalue weighted by molar-refractivity contribution is -0.143. The van der Waals surface area contributed by atoms with Crippen molar-refractivity contribution in [3.63, 3.8) is 0 Å². The summed E-state index contributed by atoms with van der Waals surface area (Å²) in [5.74, 6) is -3.24. The molecule has 188 valence electrons. The highest BCUT2D eigenvalue weighted by Gasteiger charge is 2.31. The SMILES string of the molecule is CSCCC(NC(=O)C1CCCN1)C(=O)NC(CCCCN)C(=O)NC(CC(N)=O)C(=O)O. The van der Waals surface area contributed by atoms with Gasteiger partial charge in [-0.2, -0.15) is 11.8 Å². The Morgan fingerprint density at radius 3 is 2.18 bits per heavy atom. The first-order valence-electron chi connectivity index (χ1n) is 11.0. The van der Waals surface area contributed by atoms with Gasteiger partial charge in [-0.3, -0.25) is 19.2 Å². The fourth-order valence-electron chi connectivity index (χ4n) is 3.39. The van der Waals surface area contributed by atoms with Crippen LogP contribution in [0.5, 0.6) is 0 Å². The quantitative estimate of drug-likeness (QED) is 0.120. The van der Waals surface area contributed by atoms with Crippen molar-refractivity contribution in [2.24, 2.45) is 11.5 Å². The molecule has 0 aromatic heterocycles. The normalized spacial score (nSPS) is 18.1. The van der Waals surface area contributed by atoms with Crippen LogP contribution < -0.4 is 32.7 Å². The molecule has 0 spiro atoms. The standard InChI is InChI=1S/C20H36N6O6S/c1-33-10-7-14(25-17(28)12-6-4-9-23-12)19(30)24-13(5-2-3-8-21)18(29)26-15(20(31)32)11-16(22)27/h12-15,23H,2-11,21H2,1H3,(H2,22,27)(H,24,30)(H,25,28)(H,26,29)(H,31,32). The second kappa shape index (κ2) is 15.5. The van der Waals surface area contributed by atoms with Gasteiger partial charge in [0.05, 0.1) is 12.5 Å². The van der Waals surface area contributed by atoms with Crippen molar-refractivity contribution in [2.75, 3.05) is 25.1 Å². The molecule has 1 fully saturated rings. The van der Waals surface area contributed by atoms with E-state index in [0.29, 0.717) is 38.0 Å². The number of carbonyl (C=O) groups excluding carboxylic acids is 4. The Kier molecular flexibility index (Phi) is 13.4. The van der Waals surface area contributed by atoms with Gasteiger partial charge in [0.15, 0.2) is 0 Å². The van der Waals surface area contributed by atoms with E-state index in [2.05, 4.69) is 21.3 Å². The Bertz CT molecular complexity index is 688. The maximum Gasteiger partial charge on any atom is 0.326 e. The Morgan fingerprint density at radius 2 is 1.67 bits per heavy atom. The van der Waals surface area contributed by atoms with Gasteiger partial charge >= 0.3 is 5.97 Å². The van der Waals surface area contributed by atoms with Crippen LogP contribution in [-0.4, -0.2) is 84.0 Å². The maximum atomic E-state index is 13.0. The summed E-state index contributed by atoms with van der Waals surface area (Å²) in [6.45, 7) is 1.13. The third-order valence-corrected chi connectivity index (χ3v) is 5.86. The summed E-state index contributed by atoms with van der Waals surface area (Å²) >= 11 is 1.52. The molecule has 0 saturated carbocycles. The number of amides is 4. The van der Waals surface area contributed by atoms with Crippen molar-refractivity contribution in [3.05, 3.63) is 0 Å². The fourth-order valence-corrected chi connectivity index (χ4v) is 3.86. The molecule has 1 aliphatic heterocycles. The van der Waals surface area contributed by atoms with E-state index in [9.17, 15) is 29.1 Å². The molecular weight excluding hydrogens is 452 g/mol. The molecule has 4 amide bonds. The monoisotopic (exact) mass is 488 g/mol. The largest absolute Gasteiger partial charge is 0.480 e. The summed E-state index contributed by atoms with van der Waals surface area (Å²) in [5, 5.41) is 20.0. The van der Waals surface area contributed by atoms with Crippen LogP contribution in [0.3, 0.4) is 0 Å². The van der Waals surface area contributed by atoms with Crippen molar-refractivity contribution in [1.82, 2.24) is 21.3 Å². The number of thioether (sulfide) groups is 1. The molecule has 0 aromatic carbocycles. The van der Waals surface area contributed by atoms with Gasteiger partial charge in [-0.15, -0.1) is 0 Å². The zero-order valence-electron chi connectivity index (χ0n) is 18.9. The summed E-state index contributed by atoms with van der Waals surface area (Å²) in [6.07, 6.45) is 4.55. The highest BCUT2D eigenvalue weighted by molar-refractivity contribution is 7.98. The van der Waals surface area contributed by atoms with Crippen LogP contribution >= 0.6 is 11.8 Å². The number of nitrogens with two attached hydrogens (primary N) is 2. The molecule has 4 atom stereocenters. The summed E-state index contributed by atoms with van der Waals surface area (Å²) in [4.78, 5) is 60.8. The smallest absolute Gasteiger partial charge is 0.326 e. The predicted octanol–water partition coefficient (Wildman–Crippen LogP) is -1.97. The van der Waals surface area contributed by atoms with Crippen LogP contribution in [0.25, 0.3) is 0 Å². The first kappa shape index (κ1) is 28.7. The molecule has 1 rings (SSSR count). The summed E-state index contributed by atoms with van der Waals surface area (Å²) in [5.41, 5.74) is 10.6. The number of unbranched alkanes of at least 4 members (excludes halogenated alkanes) is 1. The van der Waals surface area contributed by atoms with Gasteiger partial charge < -0.3 is 37.8 Å². The highest BCUT2D eigenvalue weighted by atomic mass is 32.2. The van der Waals surface area contributed by atoms with Crippen molar-refractivity contribution >= 4 is 41.4 Å². The van der Waals surface area contributed by atoms with E-state index in [4.69, 9.17) is 11.5 Å². The lowest BCUT2D eigenvalue weighted by atomic mass is 10.1. The van der Waals surface area contributed by atoms with E-state index in [1.165, 1.54) is 11.8 Å². The average molecular weight is 489 g/mol. The third-order valence-electron chi connectivity index (χ3n) is 5.22. The molecule has 0 bridgehead atoms. The zero-order valence-corrected chi connectivity index (χ0v) is 19.7. The lowest BCUT2D eigenvalue weighted by Gasteiger charge is -2.25. The zero-order chi connectivity index (χ0) is 24.8. The second-order valence-electron chi connectivity index (χ2n) is 7.91. The van der Waals surface area contributed by atoms with Gasteiger partial charge in [-0.25, -0.2) is 4.79 Å². The van der Waals surface area contributed by atoms with Crippen LogP contribution in [0.4, 0.5) is 0 Å². The van der Waals surface area contributed by atoms with Crippen molar-refractivity contribution in [2.45, 2.75) is 69.1 Å². The minimum atomic E-state index is -1.51. The molecule has 0 aromatic rings. The topological polar surface area (TPSA) is 206 Å². The van der Waals surface area contributed by atoms with E-state index >= 15 is 0 Å². The first-order valence-corrected chi connectivity index (χ1v) is 12.4. The van der Waals surface area contributed by atoms with Crippen molar-refractivity contribution < 1.29 is 29.1 Å². The molecule has 1 aliphatic rings. The molecule has 13 heteroatoms. The number of nitrogens with one attached hydrogen (secondary N) is 4. The van der Waals surface area contributed by atoms with E-state index in [1.54, 1.807) is 0 Å².